The van der Waals surface area contributed by atoms with E-state index >= 15 is 8.78 Å². The van der Waals surface area contributed by atoms with Crippen molar-refractivity contribution in [3.63, 3.8) is 0 Å². The average Bonchev–Trinajstić information content (AvgIpc) is 3.19. The van der Waals surface area contributed by atoms with E-state index in [4.69, 9.17) is 32.7 Å². The fourth-order valence-electron chi connectivity index (χ4n) is 2.60. The Morgan fingerprint density at radius 1 is 1.03 bits per heavy atom. The van der Waals surface area contributed by atoms with E-state index < -0.39 is 33.2 Å². The molecule has 2 rings (SSSR count). The largest absolute Gasteiger partial charge is 0.487 e. The van der Waals surface area contributed by atoms with Crippen LogP contribution in [0.2, 0.25) is 0 Å². The molecule has 30 heavy (non-hydrogen) atoms. The summed E-state index contributed by atoms with van der Waals surface area (Å²) in [5.41, 5.74) is 0. The molecule has 1 heterocycles. The quantitative estimate of drug-likeness (QED) is 0.276. The zero-order valence-corrected chi connectivity index (χ0v) is 19.8. The topological polar surface area (TPSA) is 64.6 Å². The Labute approximate surface area is 189 Å². The number of thiophene rings is 1. The number of sulfonamides is 1. The van der Waals surface area contributed by atoms with Crippen LogP contribution in [0.3, 0.4) is 0 Å². The molecular weight excluding hydrogens is 479 g/mol. The highest BCUT2D eigenvalue weighted by Gasteiger charge is 2.28. The van der Waals surface area contributed by atoms with E-state index in [0.29, 0.717) is 43.1 Å². The van der Waals surface area contributed by atoms with Gasteiger partial charge in [-0.2, -0.15) is 0 Å². The number of benzene rings is 1. The highest BCUT2D eigenvalue weighted by atomic mass is 35.5. The fourth-order valence-corrected chi connectivity index (χ4v) is 5.49. The molecule has 0 unspecified atom stereocenters. The second-order valence-electron chi connectivity index (χ2n) is 6.29. The molecule has 0 aliphatic rings. The maximum absolute atomic E-state index is 15.2. The second-order valence-corrected chi connectivity index (χ2v) is 10.0. The Hall–Kier alpha value is -0.870. The number of nitrogens with one attached hydrogen (secondary N) is 1. The van der Waals surface area contributed by atoms with Gasteiger partial charge in [0.2, 0.25) is 11.5 Å². The number of alkyl halides is 2. The standard InChI is InChI=1S/C19H24Cl2F2NO4S2/c1-3-12(4-2)24-30(25,26)14-11-13-15(22)17(27-9-5-7-20)18(28-10-6-8-21)16(23)19(13)29-14/h11,24H,3-10H2,1-2H3. The maximum atomic E-state index is 15.2. The third-order valence-electron chi connectivity index (χ3n) is 4.20. The molecule has 169 valence electrons. The van der Waals surface area contributed by atoms with Crippen LogP contribution in [-0.2, 0) is 10.0 Å². The van der Waals surface area contributed by atoms with E-state index in [-0.39, 0.29) is 39.3 Å². The molecule has 1 radical (unpaired) electrons. The van der Waals surface area contributed by atoms with Gasteiger partial charge in [0.1, 0.15) is 4.21 Å². The number of fused-ring (bicyclic) bond motifs is 1. The van der Waals surface area contributed by atoms with Crippen LogP contribution < -0.4 is 14.2 Å². The summed E-state index contributed by atoms with van der Waals surface area (Å²) in [7, 11) is -3.96. The summed E-state index contributed by atoms with van der Waals surface area (Å²) in [4.78, 5) is 0. The van der Waals surface area contributed by atoms with Crippen LogP contribution in [0, 0.1) is 17.7 Å². The maximum Gasteiger partial charge on any atom is 0.250 e. The summed E-state index contributed by atoms with van der Waals surface area (Å²) in [6, 6.07) is 1.71. The first-order valence-electron chi connectivity index (χ1n) is 9.50. The molecule has 0 saturated heterocycles. The van der Waals surface area contributed by atoms with Crippen molar-refractivity contribution in [2.75, 3.05) is 25.0 Å². The molecule has 0 amide bonds. The van der Waals surface area contributed by atoms with Gasteiger partial charge in [-0.15, -0.1) is 34.5 Å². The molecule has 0 atom stereocenters. The minimum atomic E-state index is -3.96. The van der Waals surface area contributed by atoms with Crippen molar-refractivity contribution in [3.8, 4) is 11.5 Å². The van der Waals surface area contributed by atoms with Crippen LogP contribution >= 0.6 is 34.5 Å². The van der Waals surface area contributed by atoms with Crippen LogP contribution in [0.4, 0.5) is 8.78 Å². The van der Waals surface area contributed by atoms with E-state index in [0.717, 1.165) is 6.07 Å². The van der Waals surface area contributed by atoms with E-state index in [9.17, 15) is 8.42 Å². The minimum absolute atomic E-state index is 0.0550. The smallest absolute Gasteiger partial charge is 0.250 e. The lowest BCUT2D eigenvalue weighted by Gasteiger charge is -2.15. The van der Waals surface area contributed by atoms with E-state index in [1.54, 1.807) is 0 Å². The summed E-state index contributed by atoms with van der Waals surface area (Å²) in [5, 5.41) is -0.182. The predicted octanol–water partition coefficient (Wildman–Crippen LogP) is 5.83. The van der Waals surface area contributed by atoms with Crippen LogP contribution in [0.15, 0.2) is 10.3 Å². The summed E-state index contributed by atoms with van der Waals surface area (Å²) in [6.45, 7) is 3.75. The Bertz CT molecular complexity index is 897. The van der Waals surface area contributed by atoms with Gasteiger partial charge in [-0.1, -0.05) is 13.8 Å². The third kappa shape index (κ3) is 5.88. The lowest BCUT2D eigenvalue weighted by atomic mass is 10.2. The molecule has 0 fully saturated rings. The van der Waals surface area contributed by atoms with E-state index in [2.05, 4.69) is 4.72 Å². The Morgan fingerprint density at radius 2 is 1.57 bits per heavy atom. The lowest BCUT2D eigenvalue weighted by molar-refractivity contribution is 0.250. The van der Waals surface area contributed by atoms with Gasteiger partial charge in [0, 0.05) is 17.1 Å². The van der Waals surface area contributed by atoms with Crippen LogP contribution in [0.25, 0.3) is 10.1 Å². The van der Waals surface area contributed by atoms with Gasteiger partial charge < -0.3 is 9.47 Å². The van der Waals surface area contributed by atoms with Gasteiger partial charge in [-0.25, -0.2) is 21.9 Å². The van der Waals surface area contributed by atoms with Gasteiger partial charge in [0.15, 0.2) is 11.6 Å². The third-order valence-corrected chi connectivity index (χ3v) is 7.77. The lowest BCUT2D eigenvalue weighted by Crippen LogP contribution is -2.27. The minimum Gasteiger partial charge on any atom is -0.487 e. The van der Waals surface area contributed by atoms with Gasteiger partial charge >= 0.3 is 0 Å². The van der Waals surface area contributed by atoms with Crippen molar-refractivity contribution >= 4 is 54.6 Å². The molecule has 0 bridgehead atoms. The Morgan fingerprint density at radius 3 is 2.07 bits per heavy atom. The zero-order chi connectivity index (χ0) is 22.3. The number of hydrogen-bond acceptors (Lipinski definition) is 5. The van der Waals surface area contributed by atoms with Gasteiger partial charge in [-0.3, -0.25) is 0 Å². The molecule has 0 saturated carbocycles. The van der Waals surface area contributed by atoms with E-state index in [1.807, 2.05) is 13.8 Å². The van der Waals surface area contributed by atoms with Crippen LogP contribution in [-0.4, -0.2) is 33.4 Å². The first kappa shape index (κ1) is 25.4. The van der Waals surface area contributed by atoms with Crippen molar-refractivity contribution in [2.45, 2.75) is 43.7 Å². The summed E-state index contributed by atoms with van der Waals surface area (Å²) < 4.78 is 68.7. The van der Waals surface area contributed by atoms with Crippen molar-refractivity contribution in [3.05, 3.63) is 23.7 Å². The molecule has 1 aromatic heterocycles. The van der Waals surface area contributed by atoms with Gasteiger partial charge in [0.25, 0.3) is 10.0 Å². The second kappa shape index (κ2) is 11.7. The molecule has 1 aromatic carbocycles. The first-order valence-corrected chi connectivity index (χ1v) is 12.9. The van der Waals surface area contributed by atoms with Crippen molar-refractivity contribution < 1.29 is 26.7 Å². The monoisotopic (exact) mass is 502 g/mol. The number of halogens is 4. The number of ether oxygens (including phenoxy) is 2. The molecule has 2 aromatic rings. The van der Waals surface area contributed by atoms with Crippen molar-refractivity contribution in [1.82, 2.24) is 4.72 Å². The summed E-state index contributed by atoms with van der Waals surface area (Å²) in [6.07, 6.45) is 1.87. The number of hydrogen-bond donors (Lipinski definition) is 1. The summed E-state index contributed by atoms with van der Waals surface area (Å²) >= 11 is 11.9. The molecular formula is C19H24Cl2F2NO4S2. The molecule has 0 aliphatic carbocycles. The zero-order valence-electron chi connectivity index (χ0n) is 16.7. The van der Waals surface area contributed by atoms with Crippen LogP contribution in [0.1, 0.15) is 39.5 Å². The van der Waals surface area contributed by atoms with Crippen molar-refractivity contribution in [1.29, 1.82) is 0 Å². The predicted molar refractivity (Wildman–Crippen MR) is 118 cm³/mol. The molecule has 11 heteroatoms. The van der Waals surface area contributed by atoms with E-state index in [1.165, 1.54) is 0 Å². The highest BCUT2D eigenvalue weighted by Crippen LogP contribution is 2.44. The highest BCUT2D eigenvalue weighted by molar-refractivity contribution is 7.91. The molecule has 1 N–H and O–H groups in total. The summed E-state index contributed by atoms with van der Waals surface area (Å²) in [5.74, 6) is -1.97. The molecule has 0 aliphatic heterocycles. The SMILES string of the molecule is CC[C](CC)NS(=O)(=O)c1cc2c(F)c(OCCCCl)c(OCCCCl)c(F)c2s1. The molecule has 5 nitrogen and oxygen atoms in total. The van der Waals surface area contributed by atoms with Crippen molar-refractivity contribution in [2.24, 2.45) is 0 Å². The Balaban J connectivity index is 2.55. The Kier molecular flexibility index (Phi) is 9.87. The fraction of sp³-hybridized carbons (Fsp3) is 0.526. The molecule has 0 spiro atoms. The number of rotatable bonds is 13. The van der Waals surface area contributed by atoms with Crippen LogP contribution in [0.5, 0.6) is 11.5 Å². The van der Waals surface area contributed by atoms with Gasteiger partial charge in [-0.05, 0) is 31.7 Å². The van der Waals surface area contributed by atoms with Gasteiger partial charge in [0.05, 0.1) is 24.0 Å². The average molecular weight is 503 g/mol. The normalized spacial score (nSPS) is 12.1. The first-order chi connectivity index (χ1) is 14.3.